The molecule has 1 heterocycles. The van der Waals surface area contributed by atoms with E-state index in [-0.39, 0.29) is 5.91 Å². The zero-order valence-corrected chi connectivity index (χ0v) is 18.7. The molecule has 4 rings (SSSR count). The van der Waals surface area contributed by atoms with Gasteiger partial charge in [0.15, 0.2) is 11.5 Å². The maximum absolute atomic E-state index is 12.9. The lowest BCUT2D eigenvalue weighted by Crippen LogP contribution is -2.12. The maximum atomic E-state index is 12.9. The van der Waals surface area contributed by atoms with Crippen molar-refractivity contribution in [3.8, 4) is 39.1 Å². The van der Waals surface area contributed by atoms with Gasteiger partial charge < -0.3 is 19.5 Å². The first kappa shape index (κ1) is 21.4. The van der Waals surface area contributed by atoms with Crippen molar-refractivity contribution in [2.45, 2.75) is 0 Å². The van der Waals surface area contributed by atoms with E-state index < -0.39 is 0 Å². The summed E-state index contributed by atoms with van der Waals surface area (Å²) in [6.07, 6.45) is 0. The van der Waals surface area contributed by atoms with Gasteiger partial charge in [-0.25, -0.2) is 4.98 Å². The third-order valence-corrected chi connectivity index (χ3v) is 5.76. The average Bonchev–Trinajstić information content (AvgIpc) is 3.34. The number of carbonyl (C=O) groups is 1. The van der Waals surface area contributed by atoms with Gasteiger partial charge in [-0.3, -0.25) is 4.79 Å². The summed E-state index contributed by atoms with van der Waals surface area (Å²) in [7, 11) is 4.55. The van der Waals surface area contributed by atoms with Gasteiger partial charge in [0, 0.05) is 27.8 Å². The number of methoxy groups -OCH3 is 3. The SMILES string of the molecule is COc1cc(C(=O)Nc2cccc(-c3csc(-c4ccccc4)n3)c2)cc(OC)c1OC. The number of aromatic nitrogens is 1. The fourth-order valence-electron chi connectivity index (χ4n) is 3.29. The molecule has 0 saturated carbocycles. The highest BCUT2D eigenvalue weighted by molar-refractivity contribution is 7.13. The molecule has 0 spiro atoms. The Bertz CT molecular complexity index is 1210. The molecule has 1 aromatic heterocycles. The molecule has 0 saturated heterocycles. The number of nitrogens with zero attached hydrogens (tertiary/aromatic N) is 1. The van der Waals surface area contributed by atoms with Crippen LogP contribution in [0.3, 0.4) is 0 Å². The van der Waals surface area contributed by atoms with Crippen LogP contribution in [0, 0.1) is 0 Å². The number of thiazole rings is 1. The van der Waals surface area contributed by atoms with Crippen molar-refractivity contribution < 1.29 is 19.0 Å². The van der Waals surface area contributed by atoms with Crippen LogP contribution in [-0.2, 0) is 0 Å². The van der Waals surface area contributed by atoms with E-state index in [4.69, 9.17) is 19.2 Å². The van der Waals surface area contributed by atoms with Crippen molar-refractivity contribution in [2.24, 2.45) is 0 Å². The van der Waals surface area contributed by atoms with Crippen molar-refractivity contribution in [3.63, 3.8) is 0 Å². The zero-order valence-electron chi connectivity index (χ0n) is 17.9. The highest BCUT2D eigenvalue weighted by Gasteiger charge is 2.17. The highest BCUT2D eigenvalue weighted by Crippen LogP contribution is 2.38. The van der Waals surface area contributed by atoms with Crippen LogP contribution in [0.4, 0.5) is 5.69 Å². The maximum Gasteiger partial charge on any atom is 0.255 e. The minimum atomic E-state index is -0.287. The summed E-state index contributed by atoms with van der Waals surface area (Å²) in [5.74, 6) is 0.985. The third-order valence-electron chi connectivity index (χ3n) is 4.87. The van der Waals surface area contributed by atoms with Crippen molar-refractivity contribution in [1.29, 1.82) is 0 Å². The van der Waals surface area contributed by atoms with Crippen LogP contribution in [0.25, 0.3) is 21.8 Å². The number of ether oxygens (including phenoxy) is 3. The molecule has 0 fully saturated rings. The molecule has 7 heteroatoms. The molecular formula is C25H22N2O4S. The van der Waals surface area contributed by atoms with Gasteiger partial charge in [-0.1, -0.05) is 42.5 Å². The van der Waals surface area contributed by atoms with E-state index in [0.29, 0.717) is 28.5 Å². The second kappa shape index (κ2) is 9.53. The van der Waals surface area contributed by atoms with Gasteiger partial charge in [0.25, 0.3) is 5.91 Å². The lowest BCUT2D eigenvalue weighted by molar-refractivity contribution is 0.102. The molecule has 4 aromatic rings. The monoisotopic (exact) mass is 446 g/mol. The number of anilines is 1. The first-order chi connectivity index (χ1) is 15.6. The molecule has 0 radical (unpaired) electrons. The van der Waals surface area contributed by atoms with Gasteiger partial charge in [0.1, 0.15) is 5.01 Å². The Balaban J connectivity index is 1.57. The predicted octanol–water partition coefficient (Wildman–Crippen LogP) is 5.76. The summed E-state index contributed by atoms with van der Waals surface area (Å²) < 4.78 is 16.0. The molecule has 0 aliphatic rings. The summed E-state index contributed by atoms with van der Waals surface area (Å²) >= 11 is 1.59. The Kier molecular flexibility index (Phi) is 6.37. The minimum absolute atomic E-state index is 0.287. The van der Waals surface area contributed by atoms with E-state index in [2.05, 4.69) is 5.32 Å². The summed E-state index contributed by atoms with van der Waals surface area (Å²) in [6, 6.07) is 20.9. The van der Waals surface area contributed by atoms with Crippen LogP contribution in [0.2, 0.25) is 0 Å². The van der Waals surface area contributed by atoms with Gasteiger partial charge in [-0.2, -0.15) is 0 Å². The van der Waals surface area contributed by atoms with Gasteiger partial charge in [-0.15, -0.1) is 11.3 Å². The number of hydrogen-bond acceptors (Lipinski definition) is 6. The molecule has 6 nitrogen and oxygen atoms in total. The predicted molar refractivity (Wildman–Crippen MR) is 127 cm³/mol. The summed E-state index contributed by atoms with van der Waals surface area (Å²) in [5.41, 5.74) is 3.92. The van der Waals surface area contributed by atoms with E-state index in [1.807, 2.05) is 60.0 Å². The molecule has 1 N–H and O–H groups in total. The lowest BCUT2D eigenvalue weighted by Gasteiger charge is -2.14. The number of benzene rings is 3. The van der Waals surface area contributed by atoms with E-state index in [9.17, 15) is 4.79 Å². The van der Waals surface area contributed by atoms with Crippen LogP contribution >= 0.6 is 11.3 Å². The van der Waals surface area contributed by atoms with E-state index in [0.717, 1.165) is 21.8 Å². The van der Waals surface area contributed by atoms with E-state index in [1.165, 1.54) is 21.3 Å². The fraction of sp³-hybridized carbons (Fsp3) is 0.120. The zero-order chi connectivity index (χ0) is 22.5. The number of nitrogens with one attached hydrogen (secondary N) is 1. The van der Waals surface area contributed by atoms with Gasteiger partial charge >= 0.3 is 0 Å². The second-order valence-electron chi connectivity index (χ2n) is 6.85. The van der Waals surface area contributed by atoms with E-state index in [1.54, 1.807) is 23.5 Å². The number of hydrogen-bond donors (Lipinski definition) is 1. The summed E-state index contributed by atoms with van der Waals surface area (Å²) in [5, 5.41) is 5.90. The first-order valence-corrected chi connectivity index (χ1v) is 10.7. The quantitative estimate of drug-likeness (QED) is 0.391. The fourth-order valence-corrected chi connectivity index (χ4v) is 4.13. The minimum Gasteiger partial charge on any atom is -0.493 e. The Morgan fingerprint density at radius 3 is 2.19 bits per heavy atom. The van der Waals surface area contributed by atoms with Crippen LogP contribution in [-0.4, -0.2) is 32.2 Å². The normalized spacial score (nSPS) is 10.5. The molecule has 0 bridgehead atoms. The lowest BCUT2D eigenvalue weighted by atomic mass is 10.1. The Morgan fingerprint density at radius 1 is 0.844 bits per heavy atom. The van der Waals surface area contributed by atoms with Crippen molar-refractivity contribution in [3.05, 3.63) is 77.7 Å². The number of carbonyl (C=O) groups excluding carboxylic acids is 1. The van der Waals surface area contributed by atoms with E-state index >= 15 is 0 Å². The Hall–Kier alpha value is -3.84. The average molecular weight is 447 g/mol. The highest BCUT2D eigenvalue weighted by atomic mass is 32.1. The smallest absolute Gasteiger partial charge is 0.255 e. The van der Waals surface area contributed by atoms with Gasteiger partial charge in [0.05, 0.1) is 27.0 Å². The molecule has 162 valence electrons. The third kappa shape index (κ3) is 4.43. The largest absolute Gasteiger partial charge is 0.493 e. The number of rotatable bonds is 7. The first-order valence-electron chi connectivity index (χ1n) is 9.85. The molecule has 0 aliphatic heterocycles. The number of amides is 1. The molecule has 0 unspecified atom stereocenters. The second-order valence-corrected chi connectivity index (χ2v) is 7.71. The van der Waals surface area contributed by atoms with Crippen molar-refractivity contribution >= 4 is 22.9 Å². The molecule has 0 atom stereocenters. The summed E-state index contributed by atoms with van der Waals surface area (Å²) in [6.45, 7) is 0. The van der Waals surface area contributed by atoms with Crippen LogP contribution in [0.15, 0.2) is 72.1 Å². The van der Waals surface area contributed by atoms with Gasteiger partial charge in [-0.05, 0) is 24.3 Å². The molecular weight excluding hydrogens is 424 g/mol. The summed E-state index contributed by atoms with van der Waals surface area (Å²) in [4.78, 5) is 17.7. The van der Waals surface area contributed by atoms with Crippen molar-refractivity contribution in [1.82, 2.24) is 4.98 Å². The van der Waals surface area contributed by atoms with Crippen LogP contribution < -0.4 is 19.5 Å². The Morgan fingerprint density at radius 2 is 1.53 bits per heavy atom. The standard InChI is InChI=1S/C25H22N2O4S/c1-29-21-13-18(14-22(30-2)23(21)31-3)24(28)26-19-11-7-10-17(12-19)20-15-32-25(27-20)16-8-5-4-6-9-16/h4-15H,1-3H3,(H,26,28). The molecule has 1 amide bonds. The van der Waals surface area contributed by atoms with Crippen LogP contribution in [0.5, 0.6) is 17.2 Å². The topological polar surface area (TPSA) is 69.7 Å². The van der Waals surface area contributed by atoms with Crippen LogP contribution in [0.1, 0.15) is 10.4 Å². The molecule has 0 aliphatic carbocycles. The van der Waals surface area contributed by atoms with Crippen molar-refractivity contribution in [2.75, 3.05) is 26.6 Å². The molecule has 32 heavy (non-hydrogen) atoms. The molecule has 3 aromatic carbocycles. The Labute approximate surface area is 190 Å². The van der Waals surface area contributed by atoms with Gasteiger partial charge in [0.2, 0.25) is 5.75 Å².